The van der Waals surface area contributed by atoms with Crippen LogP contribution in [0.15, 0.2) is 24.3 Å². The predicted octanol–water partition coefficient (Wildman–Crippen LogP) is 1.61. The first-order valence-corrected chi connectivity index (χ1v) is 5.04. The third-order valence-corrected chi connectivity index (χ3v) is 1.97. The maximum absolute atomic E-state index is 11.7. The highest BCUT2D eigenvalue weighted by Crippen LogP contribution is 2.06. The van der Waals surface area contributed by atoms with E-state index in [1.807, 2.05) is 13.8 Å². The third kappa shape index (κ3) is 3.08. The normalized spacial score (nSPS) is 10.0. The summed E-state index contributed by atoms with van der Waals surface area (Å²) in [7, 11) is 1.31. The van der Waals surface area contributed by atoms with Gasteiger partial charge in [-0.05, 0) is 32.0 Å². The summed E-state index contributed by atoms with van der Waals surface area (Å²) in [5.74, 6) is -0.639. The molecule has 4 heteroatoms. The third-order valence-electron chi connectivity index (χ3n) is 1.97. The predicted molar refractivity (Wildman–Crippen MR) is 60.4 cm³/mol. The van der Waals surface area contributed by atoms with Crippen LogP contribution in [0.2, 0.25) is 0 Å². The van der Waals surface area contributed by atoms with E-state index >= 15 is 0 Å². The van der Waals surface area contributed by atoms with Gasteiger partial charge in [0.15, 0.2) is 0 Å². The van der Waals surface area contributed by atoms with E-state index < -0.39 is 5.97 Å². The second kappa shape index (κ2) is 5.30. The van der Waals surface area contributed by atoms with Gasteiger partial charge < -0.3 is 10.1 Å². The maximum atomic E-state index is 11.7. The Hall–Kier alpha value is -1.84. The van der Waals surface area contributed by atoms with Crippen molar-refractivity contribution in [1.29, 1.82) is 0 Å². The van der Waals surface area contributed by atoms with Crippen LogP contribution in [0.4, 0.5) is 0 Å². The molecule has 0 fully saturated rings. The molecule has 0 aliphatic heterocycles. The summed E-state index contributed by atoms with van der Waals surface area (Å²) in [4.78, 5) is 22.9. The zero-order valence-electron chi connectivity index (χ0n) is 9.61. The fourth-order valence-corrected chi connectivity index (χ4v) is 1.25. The van der Waals surface area contributed by atoms with Gasteiger partial charge >= 0.3 is 5.97 Å². The number of nitrogens with one attached hydrogen (secondary N) is 1. The summed E-state index contributed by atoms with van der Waals surface area (Å²) in [6.07, 6.45) is 0. The van der Waals surface area contributed by atoms with Crippen molar-refractivity contribution in [1.82, 2.24) is 5.32 Å². The molecule has 0 aromatic heterocycles. The van der Waals surface area contributed by atoms with E-state index in [1.54, 1.807) is 18.2 Å². The van der Waals surface area contributed by atoms with Crippen LogP contribution in [0.3, 0.4) is 0 Å². The first-order valence-electron chi connectivity index (χ1n) is 5.04. The Labute approximate surface area is 94.6 Å². The first kappa shape index (κ1) is 12.2. The number of rotatable bonds is 3. The number of methoxy groups -OCH3 is 1. The molecule has 0 aliphatic rings. The first-order chi connectivity index (χ1) is 7.54. The zero-order valence-corrected chi connectivity index (χ0v) is 9.61. The average Bonchev–Trinajstić information content (AvgIpc) is 2.27. The Bertz CT molecular complexity index is 399. The van der Waals surface area contributed by atoms with Crippen LogP contribution in [0, 0.1) is 0 Å². The van der Waals surface area contributed by atoms with Crippen molar-refractivity contribution in [2.24, 2.45) is 0 Å². The van der Waals surface area contributed by atoms with Gasteiger partial charge in [0.05, 0.1) is 12.7 Å². The van der Waals surface area contributed by atoms with Crippen LogP contribution in [0.25, 0.3) is 0 Å². The van der Waals surface area contributed by atoms with Crippen molar-refractivity contribution in [3.05, 3.63) is 35.4 Å². The van der Waals surface area contributed by atoms with Gasteiger partial charge in [0, 0.05) is 11.6 Å². The van der Waals surface area contributed by atoms with E-state index in [-0.39, 0.29) is 11.9 Å². The smallest absolute Gasteiger partial charge is 0.337 e. The molecule has 0 spiro atoms. The van der Waals surface area contributed by atoms with Crippen molar-refractivity contribution in [3.63, 3.8) is 0 Å². The standard InChI is InChI=1S/C12H15NO3/c1-8(2)13-11(14)9-5-4-6-10(7-9)12(15)16-3/h4-8H,1-3H3,(H,13,14). The molecule has 0 saturated carbocycles. The van der Waals surface area contributed by atoms with E-state index in [0.717, 1.165) is 0 Å². The summed E-state index contributed by atoms with van der Waals surface area (Å²) >= 11 is 0. The quantitative estimate of drug-likeness (QED) is 0.789. The van der Waals surface area contributed by atoms with Crippen molar-refractivity contribution in [2.45, 2.75) is 19.9 Å². The minimum absolute atomic E-state index is 0.0642. The highest BCUT2D eigenvalue weighted by Gasteiger charge is 2.10. The fraction of sp³-hybridized carbons (Fsp3) is 0.333. The summed E-state index contributed by atoms with van der Waals surface area (Å²) in [5, 5.41) is 2.75. The van der Waals surface area contributed by atoms with Gasteiger partial charge in [-0.15, -0.1) is 0 Å². The van der Waals surface area contributed by atoms with Gasteiger partial charge in [0.25, 0.3) is 5.91 Å². The molecular formula is C12H15NO3. The number of carbonyl (C=O) groups is 2. The molecule has 4 nitrogen and oxygen atoms in total. The van der Waals surface area contributed by atoms with Crippen LogP contribution < -0.4 is 5.32 Å². The lowest BCUT2D eigenvalue weighted by atomic mass is 10.1. The number of benzene rings is 1. The van der Waals surface area contributed by atoms with Gasteiger partial charge in [-0.3, -0.25) is 4.79 Å². The molecule has 0 bridgehead atoms. The van der Waals surface area contributed by atoms with E-state index in [1.165, 1.54) is 13.2 Å². The van der Waals surface area contributed by atoms with Crippen LogP contribution >= 0.6 is 0 Å². The van der Waals surface area contributed by atoms with Crippen molar-refractivity contribution < 1.29 is 14.3 Å². The number of hydrogen-bond donors (Lipinski definition) is 1. The van der Waals surface area contributed by atoms with Gasteiger partial charge in [-0.2, -0.15) is 0 Å². The Balaban J connectivity index is 2.90. The number of amides is 1. The molecule has 0 heterocycles. The number of esters is 1. The second-order valence-corrected chi connectivity index (χ2v) is 3.70. The molecule has 0 radical (unpaired) electrons. The fourth-order valence-electron chi connectivity index (χ4n) is 1.25. The van der Waals surface area contributed by atoms with E-state index in [4.69, 9.17) is 0 Å². The van der Waals surface area contributed by atoms with Crippen molar-refractivity contribution in [2.75, 3.05) is 7.11 Å². The SMILES string of the molecule is COC(=O)c1cccc(C(=O)NC(C)C)c1. The van der Waals surface area contributed by atoms with Crippen LogP contribution in [0.5, 0.6) is 0 Å². The number of hydrogen-bond acceptors (Lipinski definition) is 3. The van der Waals surface area contributed by atoms with Crippen molar-refractivity contribution in [3.8, 4) is 0 Å². The van der Waals surface area contributed by atoms with E-state index in [2.05, 4.69) is 10.1 Å². The Kier molecular flexibility index (Phi) is 4.05. The minimum atomic E-state index is -0.445. The average molecular weight is 221 g/mol. The topological polar surface area (TPSA) is 55.4 Å². The summed E-state index contributed by atoms with van der Waals surface area (Å²) in [6, 6.07) is 6.50. The number of ether oxygens (including phenoxy) is 1. The van der Waals surface area contributed by atoms with Gasteiger partial charge in [0.2, 0.25) is 0 Å². The lowest BCUT2D eigenvalue weighted by Gasteiger charge is -2.08. The monoisotopic (exact) mass is 221 g/mol. The van der Waals surface area contributed by atoms with Crippen LogP contribution in [0.1, 0.15) is 34.6 Å². The molecule has 1 amide bonds. The molecule has 0 aliphatic carbocycles. The molecule has 0 saturated heterocycles. The Morgan fingerprint density at radius 1 is 1.25 bits per heavy atom. The molecule has 0 unspecified atom stereocenters. The van der Waals surface area contributed by atoms with Crippen molar-refractivity contribution >= 4 is 11.9 Å². The molecule has 0 atom stereocenters. The molecule has 16 heavy (non-hydrogen) atoms. The van der Waals surface area contributed by atoms with Crippen LogP contribution in [-0.4, -0.2) is 25.0 Å². The Morgan fingerprint density at radius 2 is 1.88 bits per heavy atom. The molecular weight excluding hydrogens is 206 g/mol. The molecule has 86 valence electrons. The lowest BCUT2D eigenvalue weighted by Crippen LogP contribution is -2.30. The minimum Gasteiger partial charge on any atom is -0.465 e. The van der Waals surface area contributed by atoms with E-state index in [9.17, 15) is 9.59 Å². The molecule has 1 rings (SSSR count). The second-order valence-electron chi connectivity index (χ2n) is 3.70. The molecule has 1 aromatic rings. The van der Waals surface area contributed by atoms with Gasteiger partial charge in [0.1, 0.15) is 0 Å². The number of carbonyl (C=O) groups excluding carboxylic acids is 2. The lowest BCUT2D eigenvalue weighted by molar-refractivity contribution is 0.0600. The van der Waals surface area contributed by atoms with Crippen LogP contribution in [-0.2, 0) is 4.74 Å². The highest BCUT2D eigenvalue weighted by atomic mass is 16.5. The Morgan fingerprint density at radius 3 is 2.44 bits per heavy atom. The summed E-state index contributed by atoms with van der Waals surface area (Å²) in [5.41, 5.74) is 0.829. The van der Waals surface area contributed by atoms with E-state index in [0.29, 0.717) is 11.1 Å². The van der Waals surface area contributed by atoms with Gasteiger partial charge in [-0.1, -0.05) is 6.07 Å². The molecule has 1 N–H and O–H groups in total. The van der Waals surface area contributed by atoms with Gasteiger partial charge in [-0.25, -0.2) is 4.79 Å². The maximum Gasteiger partial charge on any atom is 0.337 e. The largest absolute Gasteiger partial charge is 0.465 e. The summed E-state index contributed by atoms with van der Waals surface area (Å²) < 4.78 is 4.58. The molecule has 1 aromatic carbocycles. The zero-order chi connectivity index (χ0) is 12.1. The highest BCUT2D eigenvalue weighted by molar-refractivity contribution is 5.97. The summed E-state index contributed by atoms with van der Waals surface area (Å²) in [6.45, 7) is 3.75.